The molecule has 3 heterocycles. The summed E-state index contributed by atoms with van der Waals surface area (Å²) >= 11 is 0. The fourth-order valence-electron chi connectivity index (χ4n) is 3.27. The molecule has 0 unspecified atom stereocenters. The summed E-state index contributed by atoms with van der Waals surface area (Å²) in [7, 11) is 0. The summed E-state index contributed by atoms with van der Waals surface area (Å²) in [5.41, 5.74) is 1.74. The van der Waals surface area contributed by atoms with E-state index in [0.717, 1.165) is 5.56 Å². The van der Waals surface area contributed by atoms with Crippen LogP contribution in [0.1, 0.15) is 5.56 Å². The summed E-state index contributed by atoms with van der Waals surface area (Å²) in [6.45, 7) is 0.318. The summed E-state index contributed by atoms with van der Waals surface area (Å²) < 4.78 is 31.5. The van der Waals surface area contributed by atoms with E-state index in [2.05, 4.69) is 15.5 Å². The molecule has 2 aromatic carbocycles. The minimum Gasteiger partial charge on any atom is -0.454 e. The molecule has 0 bridgehead atoms. The number of nitrogens with zero attached hydrogens (tertiary/aromatic N) is 3. The van der Waals surface area contributed by atoms with E-state index in [1.807, 2.05) is 6.07 Å². The average Bonchev–Trinajstić information content (AvgIpc) is 3.52. The molecule has 0 saturated heterocycles. The smallest absolute Gasteiger partial charge is 0.274 e. The number of fused-ring (bicyclic) bond motifs is 1. The number of amides is 1. The number of carbonyl (C=O) groups is 1. The Morgan fingerprint density at radius 1 is 1.10 bits per heavy atom. The third-order valence-corrected chi connectivity index (χ3v) is 4.85. The highest BCUT2D eigenvalue weighted by Gasteiger charge is 2.19. The zero-order chi connectivity index (χ0) is 21.2. The van der Waals surface area contributed by atoms with Crippen molar-refractivity contribution in [3.05, 3.63) is 72.2 Å². The zero-order valence-corrected chi connectivity index (χ0v) is 16.2. The van der Waals surface area contributed by atoms with Gasteiger partial charge in [0.05, 0.1) is 0 Å². The van der Waals surface area contributed by atoms with E-state index >= 15 is 0 Å². The van der Waals surface area contributed by atoms with Crippen LogP contribution in [-0.4, -0.2) is 27.4 Å². The summed E-state index contributed by atoms with van der Waals surface area (Å²) in [5, 5.41) is 6.76. The zero-order valence-electron chi connectivity index (χ0n) is 16.2. The predicted molar refractivity (Wildman–Crippen MR) is 108 cm³/mol. The van der Waals surface area contributed by atoms with Gasteiger partial charge in [-0.2, -0.15) is 4.98 Å². The van der Waals surface area contributed by atoms with Crippen molar-refractivity contribution in [2.45, 2.75) is 13.1 Å². The van der Waals surface area contributed by atoms with Gasteiger partial charge in [0.1, 0.15) is 18.1 Å². The van der Waals surface area contributed by atoms with Gasteiger partial charge in [0.25, 0.3) is 5.89 Å². The maximum Gasteiger partial charge on any atom is 0.274 e. The maximum absolute atomic E-state index is 13.7. The number of nitrogens with one attached hydrogen (secondary N) is 1. The molecule has 1 N–H and O–H groups in total. The minimum atomic E-state index is -0.355. The van der Waals surface area contributed by atoms with E-state index < -0.39 is 0 Å². The molecule has 8 nitrogen and oxygen atoms in total. The monoisotopic (exact) mass is 420 g/mol. The van der Waals surface area contributed by atoms with Crippen molar-refractivity contribution >= 4 is 5.91 Å². The summed E-state index contributed by atoms with van der Waals surface area (Å²) in [6.07, 6.45) is 1.74. The standard InChI is InChI=1S/C22H17FN4O4/c23-16-5-2-1-4-15(16)11-24-20(28)12-27-9-3-6-17(27)22-25-21(26-31-22)14-7-8-18-19(10-14)30-13-29-18/h1-10H,11-13H2,(H,24,28). The lowest BCUT2D eigenvalue weighted by molar-refractivity contribution is -0.121. The van der Waals surface area contributed by atoms with Crippen molar-refractivity contribution in [1.29, 1.82) is 0 Å². The SMILES string of the molecule is O=C(Cn1cccc1-c1nc(-c2ccc3c(c2)OCO3)no1)NCc1ccccc1F. The molecular formula is C22H17FN4O4. The second kappa shape index (κ2) is 7.94. The first-order chi connectivity index (χ1) is 15.2. The Morgan fingerprint density at radius 3 is 2.87 bits per heavy atom. The van der Waals surface area contributed by atoms with E-state index in [-0.39, 0.29) is 37.5 Å². The molecule has 2 aromatic heterocycles. The molecule has 0 fully saturated rings. The van der Waals surface area contributed by atoms with Gasteiger partial charge in [0.15, 0.2) is 11.5 Å². The highest BCUT2D eigenvalue weighted by atomic mass is 19.1. The first-order valence-electron chi connectivity index (χ1n) is 9.57. The maximum atomic E-state index is 13.7. The second-order valence-electron chi connectivity index (χ2n) is 6.88. The Kier molecular flexibility index (Phi) is 4.83. The number of hydrogen-bond donors (Lipinski definition) is 1. The van der Waals surface area contributed by atoms with Crippen LogP contribution in [0.3, 0.4) is 0 Å². The van der Waals surface area contributed by atoms with Gasteiger partial charge in [-0.3, -0.25) is 4.79 Å². The molecule has 4 aromatic rings. The van der Waals surface area contributed by atoms with Gasteiger partial charge in [0.2, 0.25) is 18.5 Å². The van der Waals surface area contributed by atoms with Crippen molar-refractivity contribution in [1.82, 2.24) is 20.0 Å². The molecule has 0 spiro atoms. The van der Waals surface area contributed by atoms with Crippen LogP contribution in [0.25, 0.3) is 23.0 Å². The fraction of sp³-hybridized carbons (Fsp3) is 0.136. The van der Waals surface area contributed by atoms with E-state index in [1.165, 1.54) is 6.07 Å². The van der Waals surface area contributed by atoms with Crippen molar-refractivity contribution in [3.63, 3.8) is 0 Å². The van der Waals surface area contributed by atoms with Gasteiger partial charge < -0.3 is 23.9 Å². The topological polar surface area (TPSA) is 91.4 Å². The molecule has 31 heavy (non-hydrogen) atoms. The molecule has 0 aliphatic carbocycles. The number of ether oxygens (including phenoxy) is 2. The van der Waals surface area contributed by atoms with Crippen LogP contribution in [0.2, 0.25) is 0 Å². The highest BCUT2D eigenvalue weighted by Crippen LogP contribution is 2.35. The number of benzene rings is 2. The van der Waals surface area contributed by atoms with Gasteiger partial charge in [0, 0.05) is 23.9 Å². The lowest BCUT2D eigenvalue weighted by Crippen LogP contribution is -2.27. The summed E-state index contributed by atoms with van der Waals surface area (Å²) in [4.78, 5) is 16.8. The lowest BCUT2D eigenvalue weighted by atomic mass is 10.2. The lowest BCUT2D eigenvalue weighted by Gasteiger charge is -2.08. The van der Waals surface area contributed by atoms with Crippen molar-refractivity contribution in [2.24, 2.45) is 0 Å². The van der Waals surface area contributed by atoms with Gasteiger partial charge in [-0.25, -0.2) is 4.39 Å². The molecule has 1 aliphatic heterocycles. The second-order valence-corrected chi connectivity index (χ2v) is 6.88. The Balaban J connectivity index is 1.29. The molecule has 0 radical (unpaired) electrons. The molecule has 1 aliphatic rings. The van der Waals surface area contributed by atoms with Crippen LogP contribution < -0.4 is 14.8 Å². The molecule has 0 atom stereocenters. The fourth-order valence-corrected chi connectivity index (χ4v) is 3.27. The normalized spacial score (nSPS) is 12.2. The van der Waals surface area contributed by atoms with Crippen LogP contribution in [0, 0.1) is 5.82 Å². The van der Waals surface area contributed by atoms with Crippen molar-refractivity contribution in [2.75, 3.05) is 6.79 Å². The predicted octanol–water partition coefficient (Wildman–Crippen LogP) is 3.39. The number of rotatable bonds is 6. The van der Waals surface area contributed by atoms with Crippen LogP contribution in [0.4, 0.5) is 4.39 Å². The highest BCUT2D eigenvalue weighted by molar-refractivity contribution is 5.76. The Hall–Kier alpha value is -4.14. The average molecular weight is 420 g/mol. The molecule has 9 heteroatoms. The number of hydrogen-bond acceptors (Lipinski definition) is 6. The first kappa shape index (κ1) is 18.9. The molecule has 156 valence electrons. The number of halogens is 1. The molecule has 1 amide bonds. The van der Waals surface area contributed by atoms with Gasteiger partial charge in [-0.15, -0.1) is 0 Å². The van der Waals surface area contributed by atoms with Crippen LogP contribution in [0.5, 0.6) is 11.5 Å². The Bertz CT molecular complexity index is 1250. The molecule has 5 rings (SSSR count). The summed E-state index contributed by atoms with van der Waals surface area (Å²) in [6, 6.07) is 15.3. The van der Waals surface area contributed by atoms with Crippen LogP contribution >= 0.6 is 0 Å². The van der Waals surface area contributed by atoms with Gasteiger partial charge >= 0.3 is 0 Å². The first-order valence-corrected chi connectivity index (χ1v) is 9.57. The third-order valence-electron chi connectivity index (χ3n) is 4.85. The van der Waals surface area contributed by atoms with E-state index in [4.69, 9.17) is 14.0 Å². The molecular weight excluding hydrogens is 403 g/mol. The third kappa shape index (κ3) is 3.85. The Morgan fingerprint density at radius 2 is 1.97 bits per heavy atom. The van der Waals surface area contributed by atoms with Crippen molar-refractivity contribution in [3.8, 4) is 34.5 Å². The van der Waals surface area contributed by atoms with Gasteiger partial charge in [-0.1, -0.05) is 23.4 Å². The molecule has 0 saturated carbocycles. The van der Waals surface area contributed by atoms with E-state index in [1.54, 1.807) is 53.2 Å². The van der Waals surface area contributed by atoms with Crippen LogP contribution in [-0.2, 0) is 17.9 Å². The largest absolute Gasteiger partial charge is 0.454 e. The van der Waals surface area contributed by atoms with Gasteiger partial charge in [-0.05, 0) is 36.4 Å². The minimum absolute atomic E-state index is 0.0263. The summed E-state index contributed by atoms with van der Waals surface area (Å²) in [5.74, 6) is 1.34. The quantitative estimate of drug-likeness (QED) is 0.514. The van der Waals surface area contributed by atoms with E-state index in [9.17, 15) is 9.18 Å². The number of carbonyl (C=O) groups excluding carboxylic acids is 1. The van der Waals surface area contributed by atoms with E-state index in [0.29, 0.717) is 28.6 Å². The Labute approximate surface area is 176 Å². The number of aromatic nitrogens is 3. The van der Waals surface area contributed by atoms with Crippen molar-refractivity contribution < 1.29 is 23.2 Å². The van der Waals surface area contributed by atoms with Crippen LogP contribution in [0.15, 0.2) is 65.3 Å².